The van der Waals surface area contributed by atoms with Crippen molar-refractivity contribution in [2.24, 2.45) is 5.84 Å². The van der Waals surface area contributed by atoms with Crippen LogP contribution in [0.1, 0.15) is 12.5 Å². The molecule has 0 saturated carbocycles. The first-order chi connectivity index (χ1) is 6.49. The van der Waals surface area contributed by atoms with Gasteiger partial charge in [-0.1, -0.05) is 0 Å². The molecular formula is C9H10F2N2O. The van der Waals surface area contributed by atoms with Gasteiger partial charge in [0.1, 0.15) is 11.6 Å². The SMILES string of the molecule is CC(=O)N(N)Cc1cc(F)cc(F)c1. The minimum absolute atomic E-state index is 0.00991. The maximum absolute atomic E-state index is 12.7. The fourth-order valence-corrected chi connectivity index (χ4v) is 1.01. The summed E-state index contributed by atoms with van der Waals surface area (Å²) < 4.78 is 25.4. The monoisotopic (exact) mass is 200 g/mol. The van der Waals surface area contributed by atoms with Gasteiger partial charge in [0.25, 0.3) is 0 Å². The molecule has 0 saturated heterocycles. The van der Waals surface area contributed by atoms with Crippen LogP contribution >= 0.6 is 0 Å². The number of halogens is 2. The van der Waals surface area contributed by atoms with Crippen molar-refractivity contribution in [3.8, 4) is 0 Å². The molecule has 0 unspecified atom stereocenters. The number of hydrogen-bond acceptors (Lipinski definition) is 2. The van der Waals surface area contributed by atoms with Crippen molar-refractivity contribution < 1.29 is 13.6 Å². The average Bonchev–Trinajstić information content (AvgIpc) is 2.01. The van der Waals surface area contributed by atoms with E-state index >= 15 is 0 Å². The van der Waals surface area contributed by atoms with E-state index in [2.05, 4.69) is 0 Å². The number of nitrogens with two attached hydrogens (primary N) is 1. The van der Waals surface area contributed by atoms with Gasteiger partial charge in [0.2, 0.25) is 5.91 Å². The highest BCUT2D eigenvalue weighted by molar-refractivity contribution is 5.72. The minimum atomic E-state index is -0.683. The molecule has 1 aromatic rings. The molecule has 0 aliphatic rings. The van der Waals surface area contributed by atoms with E-state index in [-0.39, 0.29) is 12.5 Å². The molecule has 5 heteroatoms. The van der Waals surface area contributed by atoms with Gasteiger partial charge in [-0.15, -0.1) is 0 Å². The number of benzene rings is 1. The quantitative estimate of drug-likeness (QED) is 0.442. The van der Waals surface area contributed by atoms with Crippen LogP contribution in [-0.4, -0.2) is 10.9 Å². The van der Waals surface area contributed by atoms with Crippen LogP contribution in [0.5, 0.6) is 0 Å². The maximum atomic E-state index is 12.7. The topological polar surface area (TPSA) is 46.3 Å². The Labute approximate surface area is 80.1 Å². The Balaban J connectivity index is 2.81. The Hall–Kier alpha value is -1.49. The maximum Gasteiger partial charge on any atom is 0.233 e. The lowest BCUT2D eigenvalue weighted by atomic mass is 10.2. The molecule has 0 heterocycles. The number of hydrazine groups is 1. The number of carbonyl (C=O) groups is 1. The van der Waals surface area contributed by atoms with Gasteiger partial charge in [0.15, 0.2) is 0 Å². The van der Waals surface area contributed by atoms with Crippen molar-refractivity contribution >= 4 is 5.91 Å². The van der Waals surface area contributed by atoms with Crippen LogP contribution in [0.4, 0.5) is 8.78 Å². The number of nitrogens with zero attached hydrogens (tertiary/aromatic N) is 1. The summed E-state index contributed by atoms with van der Waals surface area (Å²) in [7, 11) is 0. The summed E-state index contributed by atoms with van der Waals surface area (Å²) in [6.45, 7) is 1.26. The van der Waals surface area contributed by atoms with Crippen LogP contribution in [0.3, 0.4) is 0 Å². The molecular weight excluding hydrogens is 190 g/mol. The Bertz CT molecular complexity index is 334. The van der Waals surface area contributed by atoms with Crippen molar-refractivity contribution in [2.75, 3.05) is 0 Å². The first-order valence-corrected chi connectivity index (χ1v) is 3.97. The van der Waals surface area contributed by atoms with Crippen molar-refractivity contribution in [3.05, 3.63) is 35.4 Å². The first-order valence-electron chi connectivity index (χ1n) is 3.97. The second-order valence-corrected chi connectivity index (χ2v) is 2.92. The molecule has 14 heavy (non-hydrogen) atoms. The van der Waals surface area contributed by atoms with Gasteiger partial charge in [-0.3, -0.25) is 9.80 Å². The zero-order valence-electron chi connectivity index (χ0n) is 7.63. The average molecular weight is 200 g/mol. The normalized spacial score (nSPS) is 10.0. The van der Waals surface area contributed by atoms with Gasteiger partial charge in [0.05, 0.1) is 6.54 Å². The summed E-state index contributed by atoms with van der Waals surface area (Å²) >= 11 is 0. The third-order valence-electron chi connectivity index (χ3n) is 1.68. The summed E-state index contributed by atoms with van der Waals surface area (Å²) in [5, 5.41) is 0.883. The molecule has 0 aliphatic heterocycles. The minimum Gasteiger partial charge on any atom is -0.276 e. The Morgan fingerprint density at radius 1 is 1.36 bits per heavy atom. The lowest BCUT2D eigenvalue weighted by Crippen LogP contribution is -2.34. The van der Waals surface area contributed by atoms with Crippen LogP contribution < -0.4 is 5.84 Å². The molecule has 1 amide bonds. The molecule has 0 aliphatic carbocycles. The second-order valence-electron chi connectivity index (χ2n) is 2.92. The number of carbonyl (C=O) groups excluding carboxylic acids is 1. The van der Waals surface area contributed by atoms with E-state index in [0.717, 1.165) is 23.2 Å². The third kappa shape index (κ3) is 2.77. The van der Waals surface area contributed by atoms with Crippen LogP contribution in [0, 0.1) is 11.6 Å². The molecule has 0 atom stereocenters. The van der Waals surface area contributed by atoms with E-state index in [1.54, 1.807) is 0 Å². The zero-order valence-corrected chi connectivity index (χ0v) is 7.63. The number of hydrogen-bond donors (Lipinski definition) is 1. The predicted molar refractivity (Wildman–Crippen MR) is 46.8 cm³/mol. The lowest BCUT2D eigenvalue weighted by molar-refractivity contribution is -0.129. The Morgan fingerprint density at radius 2 is 1.86 bits per heavy atom. The molecule has 1 rings (SSSR count). The van der Waals surface area contributed by atoms with Crippen LogP contribution in [0.2, 0.25) is 0 Å². The smallest absolute Gasteiger partial charge is 0.233 e. The van der Waals surface area contributed by atoms with Crippen LogP contribution in [0.15, 0.2) is 18.2 Å². The van der Waals surface area contributed by atoms with Gasteiger partial charge in [-0.2, -0.15) is 0 Å². The molecule has 76 valence electrons. The molecule has 0 fully saturated rings. The fraction of sp³-hybridized carbons (Fsp3) is 0.222. The van der Waals surface area contributed by atoms with E-state index in [1.165, 1.54) is 6.92 Å². The van der Waals surface area contributed by atoms with Gasteiger partial charge in [-0.05, 0) is 17.7 Å². The van der Waals surface area contributed by atoms with E-state index in [1.807, 2.05) is 0 Å². The van der Waals surface area contributed by atoms with Crippen molar-refractivity contribution in [3.63, 3.8) is 0 Å². The molecule has 0 bridgehead atoms. The van der Waals surface area contributed by atoms with Gasteiger partial charge >= 0.3 is 0 Å². The van der Waals surface area contributed by atoms with Crippen LogP contribution in [0.25, 0.3) is 0 Å². The molecule has 0 spiro atoms. The molecule has 0 radical (unpaired) electrons. The summed E-state index contributed by atoms with van der Waals surface area (Å²) in [6.07, 6.45) is 0. The van der Waals surface area contributed by atoms with Crippen LogP contribution in [-0.2, 0) is 11.3 Å². The predicted octanol–water partition coefficient (Wildman–Crippen LogP) is 1.19. The highest BCUT2D eigenvalue weighted by atomic mass is 19.1. The lowest BCUT2D eigenvalue weighted by Gasteiger charge is -2.13. The number of amides is 1. The van der Waals surface area contributed by atoms with E-state index < -0.39 is 11.6 Å². The first kappa shape index (κ1) is 10.6. The standard InChI is InChI=1S/C9H10F2N2O/c1-6(14)13(12)5-7-2-8(10)4-9(11)3-7/h2-4H,5,12H2,1H3. The highest BCUT2D eigenvalue weighted by Crippen LogP contribution is 2.09. The van der Waals surface area contributed by atoms with E-state index in [9.17, 15) is 13.6 Å². The number of rotatable bonds is 2. The molecule has 3 nitrogen and oxygen atoms in total. The molecule has 1 aromatic carbocycles. The van der Waals surface area contributed by atoms with Gasteiger partial charge in [-0.25, -0.2) is 14.6 Å². The second kappa shape index (κ2) is 4.15. The van der Waals surface area contributed by atoms with Crippen molar-refractivity contribution in [2.45, 2.75) is 13.5 Å². The zero-order chi connectivity index (χ0) is 10.7. The summed E-state index contributed by atoms with van der Waals surface area (Å²) in [6, 6.07) is 3.02. The van der Waals surface area contributed by atoms with E-state index in [4.69, 9.17) is 5.84 Å². The molecule has 0 aromatic heterocycles. The fourth-order valence-electron chi connectivity index (χ4n) is 1.01. The van der Waals surface area contributed by atoms with Gasteiger partial charge in [0, 0.05) is 13.0 Å². The van der Waals surface area contributed by atoms with E-state index in [0.29, 0.717) is 5.56 Å². The molecule has 2 N–H and O–H groups in total. The van der Waals surface area contributed by atoms with Gasteiger partial charge < -0.3 is 0 Å². The largest absolute Gasteiger partial charge is 0.276 e. The Kier molecular flexibility index (Phi) is 3.14. The summed E-state index contributed by atoms with van der Waals surface area (Å²) in [5.41, 5.74) is 0.320. The van der Waals surface area contributed by atoms with Crippen molar-refractivity contribution in [1.82, 2.24) is 5.01 Å². The van der Waals surface area contributed by atoms with Crippen molar-refractivity contribution in [1.29, 1.82) is 0 Å². The highest BCUT2D eigenvalue weighted by Gasteiger charge is 2.06. The summed E-state index contributed by atoms with van der Waals surface area (Å²) in [4.78, 5) is 10.7. The third-order valence-corrected chi connectivity index (χ3v) is 1.68. The Morgan fingerprint density at radius 3 is 2.29 bits per heavy atom. The summed E-state index contributed by atoms with van der Waals surface area (Å²) in [5.74, 6) is 3.55.